The molecule has 2 aromatic carbocycles. The van der Waals surface area contributed by atoms with Crippen molar-refractivity contribution < 1.29 is 0 Å². The van der Waals surface area contributed by atoms with Gasteiger partial charge in [0, 0.05) is 0 Å². The Labute approximate surface area is 123 Å². The van der Waals surface area contributed by atoms with Crippen LogP contribution in [0.5, 0.6) is 0 Å². The highest BCUT2D eigenvalue weighted by atomic mass is 31.2. The lowest BCUT2D eigenvalue weighted by Crippen LogP contribution is -2.43. The Morgan fingerprint density at radius 2 is 1.35 bits per heavy atom. The van der Waals surface area contributed by atoms with Gasteiger partial charge in [-0.15, -0.1) is 0 Å². The monoisotopic (exact) mass is 284 g/mol. The first-order valence-corrected chi connectivity index (χ1v) is 9.31. The van der Waals surface area contributed by atoms with Crippen LogP contribution in [-0.4, -0.2) is 16.1 Å². The molecule has 0 fully saturated rings. The average molecular weight is 284 g/mol. The first-order chi connectivity index (χ1) is 9.18. The van der Waals surface area contributed by atoms with Crippen molar-refractivity contribution in [3.05, 3.63) is 42.0 Å². The second kappa shape index (κ2) is 4.01. The van der Waals surface area contributed by atoms with E-state index in [2.05, 4.69) is 83.7 Å². The molecule has 0 aliphatic carbocycles. The molecule has 0 saturated heterocycles. The van der Waals surface area contributed by atoms with Crippen LogP contribution in [0.25, 0.3) is 10.8 Å². The fraction of sp³-hybridized carbons (Fsp3) is 0.421. The molecule has 0 atom stereocenters. The molecule has 0 bridgehead atoms. The zero-order valence-electron chi connectivity index (χ0n) is 13.5. The third-order valence-corrected chi connectivity index (χ3v) is 10.8. The Morgan fingerprint density at radius 1 is 0.750 bits per heavy atom. The summed E-state index contributed by atoms with van der Waals surface area (Å²) in [6, 6.07) is 13.5. The number of benzene rings is 2. The SMILES string of the molecule is CC(C)(C)P1(C(C)(C)C)=Cc2c1ccc1ccccc21. The molecule has 1 heteroatoms. The second-order valence-electron chi connectivity index (χ2n) is 7.91. The van der Waals surface area contributed by atoms with Crippen LogP contribution in [0.2, 0.25) is 0 Å². The molecule has 0 radical (unpaired) electrons. The van der Waals surface area contributed by atoms with Gasteiger partial charge >= 0.3 is 0 Å². The van der Waals surface area contributed by atoms with E-state index in [1.807, 2.05) is 0 Å². The van der Waals surface area contributed by atoms with Gasteiger partial charge in [0.05, 0.1) is 0 Å². The van der Waals surface area contributed by atoms with Crippen LogP contribution in [0.4, 0.5) is 0 Å². The van der Waals surface area contributed by atoms with Crippen molar-refractivity contribution in [2.24, 2.45) is 0 Å². The zero-order chi connectivity index (χ0) is 14.8. The number of hydrogen-bond acceptors (Lipinski definition) is 0. The second-order valence-corrected chi connectivity index (χ2v) is 12.8. The van der Waals surface area contributed by atoms with Crippen LogP contribution in [0.1, 0.15) is 47.1 Å². The molecular weight excluding hydrogens is 259 g/mol. The van der Waals surface area contributed by atoms with Crippen molar-refractivity contribution in [2.45, 2.75) is 51.9 Å². The molecule has 0 aromatic heterocycles. The lowest BCUT2D eigenvalue weighted by Gasteiger charge is -2.54. The lowest BCUT2D eigenvalue weighted by molar-refractivity contribution is 0.709. The van der Waals surface area contributed by atoms with Crippen LogP contribution in [0.15, 0.2) is 36.4 Å². The van der Waals surface area contributed by atoms with Gasteiger partial charge in [0.2, 0.25) is 0 Å². The minimum Gasteiger partial charge on any atom is -0.0659 e. The van der Waals surface area contributed by atoms with Gasteiger partial charge in [-0.25, -0.2) is 0 Å². The first kappa shape index (κ1) is 14.0. The maximum Gasteiger partial charge on any atom is -0.00958 e. The predicted octanol–water partition coefficient (Wildman–Crippen LogP) is 5.24. The van der Waals surface area contributed by atoms with E-state index in [0.717, 1.165) is 0 Å². The van der Waals surface area contributed by atoms with Crippen molar-refractivity contribution in [3.8, 4) is 0 Å². The van der Waals surface area contributed by atoms with E-state index in [0.29, 0.717) is 10.3 Å². The molecule has 3 rings (SSSR count). The molecule has 0 unspecified atom stereocenters. The largest absolute Gasteiger partial charge is 0.0659 e. The quantitative estimate of drug-likeness (QED) is 0.580. The minimum absolute atomic E-state index is 0.334. The Bertz CT molecular complexity index is 718. The van der Waals surface area contributed by atoms with Gasteiger partial charge in [-0.2, -0.15) is 0 Å². The Hall–Kier alpha value is -1.00. The summed E-state index contributed by atoms with van der Waals surface area (Å²) in [6.07, 6.45) is 0. The van der Waals surface area contributed by atoms with Crippen molar-refractivity contribution in [1.29, 1.82) is 0 Å². The van der Waals surface area contributed by atoms with E-state index < -0.39 is 6.89 Å². The van der Waals surface area contributed by atoms with E-state index in [4.69, 9.17) is 0 Å². The highest BCUT2D eigenvalue weighted by Crippen LogP contribution is 2.71. The van der Waals surface area contributed by atoms with Crippen molar-refractivity contribution in [2.75, 3.05) is 0 Å². The number of rotatable bonds is 0. The topological polar surface area (TPSA) is 0 Å². The normalized spacial score (nSPS) is 17.3. The van der Waals surface area contributed by atoms with E-state index in [9.17, 15) is 0 Å². The summed E-state index contributed by atoms with van der Waals surface area (Å²) in [5.41, 5.74) is 1.50. The van der Waals surface area contributed by atoms with Gasteiger partial charge in [0.25, 0.3) is 0 Å². The molecule has 0 spiro atoms. The van der Waals surface area contributed by atoms with Gasteiger partial charge in [-0.3, -0.25) is 0 Å². The van der Waals surface area contributed by atoms with Crippen molar-refractivity contribution in [1.82, 2.24) is 0 Å². The maximum atomic E-state index is 2.64. The standard InChI is InChI=1S/C19H25P/c1-18(2,3)20(19(4,5)6)13-16-15-10-8-7-9-14(15)11-12-17(16)20/h7-13H,1-6H3. The van der Waals surface area contributed by atoms with E-state index in [1.54, 1.807) is 5.30 Å². The Morgan fingerprint density at radius 3 is 1.95 bits per heavy atom. The molecule has 2 aromatic rings. The zero-order valence-corrected chi connectivity index (χ0v) is 14.4. The van der Waals surface area contributed by atoms with Crippen molar-refractivity contribution in [3.63, 3.8) is 0 Å². The summed E-state index contributed by atoms with van der Waals surface area (Å²) in [7, 11) is 0. The van der Waals surface area contributed by atoms with Gasteiger partial charge in [0.15, 0.2) is 0 Å². The fourth-order valence-electron chi connectivity index (χ4n) is 4.04. The molecule has 0 N–H and O–H groups in total. The summed E-state index contributed by atoms with van der Waals surface area (Å²) >= 11 is 0. The molecule has 1 heterocycles. The summed E-state index contributed by atoms with van der Waals surface area (Å²) in [4.78, 5) is 0. The molecule has 0 nitrogen and oxygen atoms in total. The van der Waals surface area contributed by atoms with Gasteiger partial charge < -0.3 is 0 Å². The Balaban J connectivity index is 2.35. The summed E-state index contributed by atoms with van der Waals surface area (Å²) in [5.74, 6) is 2.64. The highest BCUT2D eigenvalue weighted by Gasteiger charge is 2.47. The molecule has 0 amide bonds. The van der Waals surface area contributed by atoms with Crippen LogP contribution in [0, 0.1) is 0 Å². The van der Waals surface area contributed by atoms with Crippen molar-refractivity contribution >= 4 is 28.8 Å². The van der Waals surface area contributed by atoms with Gasteiger partial charge in [-0.05, 0) is 32.0 Å². The van der Waals surface area contributed by atoms with E-state index in [-0.39, 0.29) is 0 Å². The molecular formula is C19H25P. The maximum absolute atomic E-state index is 2.64. The van der Waals surface area contributed by atoms with E-state index in [1.165, 1.54) is 16.3 Å². The first-order valence-electron chi connectivity index (χ1n) is 7.46. The highest BCUT2D eigenvalue weighted by molar-refractivity contribution is 7.87. The van der Waals surface area contributed by atoms with Crippen LogP contribution in [-0.2, 0) is 0 Å². The van der Waals surface area contributed by atoms with Crippen LogP contribution in [0.3, 0.4) is 0 Å². The van der Waals surface area contributed by atoms with Gasteiger partial charge in [-0.1, -0.05) is 90.6 Å². The molecule has 1 aliphatic heterocycles. The summed E-state index contributed by atoms with van der Waals surface area (Å²) in [6.45, 7) is 13.2. The third-order valence-electron chi connectivity index (χ3n) is 4.77. The summed E-state index contributed by atoms with van der Waals surface area (Å²) in [5, 5.41) is 5.09. The predicted molar refractivity (Wildman–Crippen MR) is 95.2 cm³/mol. The summed E-state index contributed by atoms with van der Waals surface area (Å²) < 4.78 is 0. The van der Waals surface area contributed by atoms with Crippen LogP contribution < -0.4 is 5.30 Å². The fourth-order valence-corrected chi connectivity index (χ4v) is 9.75. The lowest BCUT2D eigenvalue weighted by atomic mass is 10.1. The molecule has 106 valence electrons. The average Bonchev–Trinajstić information content (AvgIpc) is 2.25. The van der Waals surface area contributed by atoms with Gasteiger partial charge in [0.1, 0.15) is 0 Å². The minimum atomic E-state index is -1.26. The smallest absolute Gasteiger partial charge is 0.00958 e. The Kier molecular flexibility index (Phi) is 2.80. The number of hydrogen-bond donors (Lipinski definition) is 0. The van der Waals surface area contributed by atoms with E-state index >= 15 is 0 Å². The van der Waals surface area contributed by atoms with Crippen LogP contribution >= 0.6 is 6.89 Å². The third kappa shape index (κ3) is 1.61. The molecule has 20 heavy (non-hydrogen) atoms. The molecule has 0 saturated carbocycles. The number of fused-ring (bicyclic) bond motifs is 3. The molecule has 1 aliphatic rings.